The summed E-state index contributed by atoms with van der Waals surface area (Å²) in [6.07, 6.45) is 6.27. The fraction of sp³-hybridized carbons (Fsp3) is 0.733. The van der Waals surface area contributed by atoms with E-state index in [1.54, 1.807) is 0 Å². The molecule has 0 amide bonds. The minimum Gasteiger partial charge on any atom is -0.326 e. The van der Waals surface area contributed by atoms with Crippen molar-refractivity contribution in [3.8, 4) is 0 Å². The van der Waals surface area contributed by atoms with Gasteiger partial charge in [-0.1, -0.05) is 20.3 Å². The van der Waals surface area contributed by atoms with Crippen LogP contribution in [0.15, 0.2) is 15.9 Å². The van der Waals surface area contributed by atoms with E-state index >= 15 is 0 Å². The molecule has 0 aliphatic heterocycles. The van der Waals surface area contributed by atoms with Crippen LogP contribution in [-0.4, -0.2) is 23.5 Å². The average molecular weight is 345 g/mol. The number of nitrogens with zero attached hydrogens (tertiary/aromatic N) is 1. The molecule has 2 rings (SSSR count). The van der Waals surface area contributed by atoms with E-state index in [1.807, 2.05) is 11.3 Å². The highest BCUT2D eigenvalue weighted by atomic mass is 79.9. The molecule has 2 nitrogen and oxygen atoms in total. The fourth-order valence-corrected chi connectivity index (χ4v) is 4.25. The van der Waals surface area contributed by atoms with Crippen molar-refractivity contribution in [3.05, 3.63) is 20.8 Å². The first-order valence-electron chi connectivity index (χ1n) is 7.43. The van der Waals surface area contributed by atoms with Gasteiger partial charge in [0.1, 0.15) is 0 Å². The minimum atomic E-state index is 0.239. The number of thiophene rings is 1. The lowest BCUT2D eigenvalue weighted by Gasteiger charge is -2.35. The van der Waals surface area contributed by atoms with Crippen LogP contribution in [0.3, 0.4) is 0 Å². The molecule has 2 N–H and O–H groups in total. The quantitative estimate of drug-likeness (QED) is 0.749. The number of hydrogen-bond donors (Lipinski definition) is 1. The first-order valence-corrected chi connectivity index (χ1v) is 9.04. The number of rotatable bonds is 8. The molecule has 1 aliphatic carbocycles. The Balaban J connectivity index is 2.19. The van der Waals surface area contributed by atoms with Gasteiger partial charge in [0.2, 0.25) is 0 Å². The number of hydrogen-bond acceptors (Lipinski definition) is 3. The summed E-state index contributed by atoms with van der Waals surface area (Å²) in [6, 6.07) is 5.81. The minimum absolute atomic E-state index is 0.239. The lowest BCUT2D eigenvalue weighted by molar-refractivity contribution is 0.159. The van der Waals surface area contributed by atoms with Gasteiger partial charge in [-0.05, 0) is 60.3 Å². The van der Waals surface area contributed by atoms with Gasteiger partial charge in [0.15, 0.2) is 0 Å². The van der Waals surface area contributed by atoms with Crippen LogP contribution < -0.4 is 5.73 Å². The SMILES string of the molecule is CCCCN(C1CC1)C(c1ccc(Br)s1)C(N)CC. The molecule has 4 heteroatoms. The van der Waals surface area contributed by atoms with Gasteiger partial charge in [-0.3, -0.25) is 4.90 Å². The van der Waals surface area contributed by atoms with Crippen LogP contribution in [0.2, 0.25) is 0 Å². The van der Waals surface area contributed by atoms with Crippen molar-refractivity contribution in [2.75, 3.05) is 6.54 Å². The molecule has 2 unspecified atom stereocenters. The monoisotopic (exact) mass is 344 g/mol. The number of halogens is 1. The second-order valence-electron chi connectivity index (χ2n) is 5.48. The lowest BCUT2D eigenvalue weighted by atomic mass is 10.0. The summed E-state index contributed by atoms with van der Waals surface area (Å²) in [7, 11) is 0. The van der Waals surface area contributed by atoms with Gasteiger partial charge in [-0.2, -0.15) is 0 Å². The van der Waals surface area contributed by atoms with Crippen molar-refractivity contribution in [2.24, 2.45) is 5.73 Å². The molecular weight excluding hydrogens is 320 g/mol. The maximum atomic E-state index is 6.45. The van der Waals surface area contributed by atoms with Gasteiger partial charge in [0.05, 0.1) is 9.83 Å². The van der Waals surface area contributed by atoms with Gasteiger partial charge >= 0.3 is 0 Å². The van der Waals surface area contributed by atoms with E-state index in [-0.39, 0.29) is 6.04 Å². The van der Waals surface area contributed by atoms with Crippen LogP contribution in [0.5, 0.6) is 0 Å². The Bertz CT molecular complexity index is 389. The Hall–Kier alpha value is 0.1000. The summed E-state index contributed by atoms with van der Waals surface area (Å²) in [5.74, 6) is 0. The molecule has 1 aliphatic rings. The largest absolute Gasteiger partial charge is 0.326 e. The van der Waals surface area contributed by atoms with Crippen molar-refractivity contribution in [2.45, 2.75) is 64.1 Å². The molecule has 1 heterocycles. The molecule has 19 heavy (non-hydrogen) atoms. The standard InChI is InChI=1S/C15H25BrN2S/c1-3-5-10-18(11-6-7-11)15(12(17)4-2)13-8-9-14(16)19-13/h8-9,11-12,15H,3-7,10,17H2,1-2H3. The summed E-state index contributed by atoms with van der Waals surface area (Å²) >= 11 is 5.43. The van der Waals surface area contributed by atoms with Gasteiger partial charge < -0.3 is 5.73 Å². The van der Waals surface area contributed by atoms with E-state index in [0.29, 0.717) is 6.04 Å². The second-order valence-corrected chi connectivity index (χ2v) is 7.98. The molecule has 0 spiro atoms. The van der Waals surface area contributed by atoms with Crippen LogP contribution in [0.1, 0.15) is 56.9 Å². The zero-order chi connectivity index (χ0) is 13.8. The van der Waals surface area contributed by atoms with E-state index in [2.05, 4.69) is 46.8 Å². The first-order chi connectivity index (χ1) is 9.17. The predicted octanol–water partition coefficient (Wildman–Crippen LogP) is 4.55. The topological polar surface area (TPSA) is 29.3 Å². The molecule has 1 aromatic heterocycles. The lowest BCUT2D eigenvalue weighted by Crippen LogP contribution is -2.42. The van der Waals surface area contributed by atoms with Crippen molar-refractivity contribution in [1.29, 1.82) is 0 Å². The van der Waals surface area contributed by atoms with E-state index in [9.17, 15) is 0 Å². The van der Waals surface area contributed by atoms with Gasteiger partial charge in [-0.15, -0.1) is 11.3 Å². The summed E-state index contributed by atoms with van der Waals surface area (Å²) in [5.41, 5.74) is 6.45. The van der Waals surface area contributed by atoms with E-state index in [4.69, 9.17) is 5.73 Å². The first kappa shape index (κ1) is 15.5. The predicted molar refractivity (Wildman–Crippen MR) is 87.7 cm³/mol. The Morgan fingerprint density at radius 1 is 1.42 bits per heavy atom. The third-order valence-corrected chi connectivity index (χ3v) is 5.60. The Morgan fingerprint density at radius 3 is 2.63 bits per heavy atom. The summed E-state index contributed by atoms with van der Waals surface area (Å²) < 4.78 is 1.21. The Morgan fingerprint density at radius 2 is 2.16 bits per heavy atom. The molecule has 0 saturated heterocycles. The molecule has 2 atom stereocenters. The molecule has 0 radical (unpaired) electrons. The molecule has 108 valence electrons. The molecule has 1 saturated carbocycles. The summed E-state index contributed by atoms with van der Waals surface area (Å²) in [6.45, 7) is 5.65. The van der Waals surface area contributed by atoms with Crippen molar-refractivity contribution in [1.82, 2.24) is 4.90 Å². The smallest absolute Gasteiger partial charge is 0.0702 e. The number of unbranched alkanes of at least 4 members (excludes halogenated alkanes) is 1. The normalized spacial score (nSPS) is 18.8. The zero-order valence-corrected chi connectivity index (χ0v) is 14.3. The highest BCUT2D eigenvalue weighted by molar-refractivity contribution is 9.11. The summed E-state index contributed by atoms with van der Waals surface area (Å²) in [5, 5.41) is 0. The fourth-order valence-electron chi connectivity index (χ4n) is 2.63. The third kappa shape index (κ3) is 4.03. The van der Waals surface area contributed by atoms with Crippen LogP contribution in [-0.2, 0) is 0 Å². The molecule has 1 aromatic rings. The van der Waals surface area contributed by atoms with Gasteiger partial charge in [0, 0.05) is 17.0 Å². The van der Waals surface area contributed by atoms with Crippen molar-refractivity contribution < 1.29 is 0 Å². The molecule has 1 fully saturated rings. The highest BCUT2D eigenvalue weighted by Gasteiger charge is 2.37. The highest BCUT2D eigenvalue weighted by Crippen LogP contribution is 2.39. The maximum absolute atomic E-state index is 6.45. The van der Waals surface area contributed by atoms with Crippen LogP contribution in [0.25, 0.3) is 0 Å². The molecule has 0 bridgehead atoms. The average Bonchev–Trinajstić information content (AvgIpc) is 3.16. The zero-order valence-electron chi connectivity index (χ0n) is 11.9. The number of nitrogens with two attached hydrogens (primary N) is 1. The van der Waals surface area contributed by atoms with Gasteiger partial charge in [0.25, 0.3) is 0 Å². The maximum Gasteiger partial charge on any atom is 0.0702 e. The van der Waals surface area contributed by atoms with Crippen molar-refractivity contribution >= 4 is 27.3 Å². The van der Waals surface area contributed by atoms with E-state index < -0.39 is 0 Å². The third-order valence-electron chi connectivity index (χ3n) is 3.91. The van der Waals surface area contributed by atoms with E-state index in [1.165, 1.54) is 40.9 Å². The molecule has 0 aromatic carbocycles. The second kappa shape index (κ2) is 7.21. The Kier molecular flexibility index (Phi) is 5.87. The van der Waals surface area contributed by atoms with E-state index in [0.717, 1.165) is 12.5 Å². The van der Waals surface area contributed by atoms with Crippen LogP contribution in [0, 0.1) is 0 Å². The summed E-state index contributed by atoms with van der Waals surface area (Å²) in [4.78, 5) is 4.10. The van der Waals surface area contributed by atoms with Gasteiger partial charge in [-0.25, -0.2) is 0 Å². The Labute approximate surface area is 129 Å². The van der Waals surface area contributed by atoms with Crippen molar-refractivity contribution in [3.63, 3.8) is 0 Å². The van der Waals surface area contributed by atoms with Crippen LogP contribution >= 0.6 is 27.3 Å². The van der Waals surface area contributed by atoms with Crippen LogP contribution in [0.4, 0.5) is 0 Å². The molecular formula is C15H25BrN2S.